The Morgan fingerprint density at radius 2 is 1.84 bits per heavy atom. The Bertz CT molecular complexity index is 752. The lowest BCUT2D eigenvalue weighted by Crippen LogP contribution is -2.41. The lowest BCUT2D eigenvalue weighted by atomic mass is 10.0. The van der Waals surface area contributed by atoms with Gasteiger partial charge in [0, 0.05) is 19.6 Å². The Morgan fingerprint density at radius 3 is 2.52 bits per heavy atom. The van der Waals surface area contributed by atoms with Crippen molar-refractivity contribution in [3.05, 3.63) is 65.2 Å². The fourth-order valence-corrected chi connectivity index (χ4v) is 3.02. The van der Waals surface area contributed by atoms with Crippen molar-refractivity contribution < 1.29 is 13.5 Å². The van der Waals surface area contributed by atoms with E-state index in [1.165, 1.54) is 18.2 Å². The van der Waals surface area contributed by atoms with Crippen molar-refractivity contribution in [2.24, 2.45) is 0 Å². The lowest BCUT2D eigenvalue weighted by Gasteiger charge is -2.35. The van der Waals surface area contributed by atoms with Crippen LogP contribution in [0, 0.1) is 23.0 Å². The summed E-state index contributed by atoms with van der Waals surface area (Å²) in [6.07, 6.45) is 0. The highest BCUT2D eigenvalue weighted by Gasteiger charge is 2.23. The van der Waals surface area contributed by atoms with E-state index in [9.17, 15) is 8.78 Å². The van der Waals surface area contributed by atoms with E-state index in [4.69, 9.17) is 10.00 Å². The molecule has 1 N–H and O–H groups in total. The van der Waals surface area contributed by atoms with E-state index in [2.05, 4.69) is 10.2 Å². The molecular weight excluding hydrogens is 324 g/mol. The molecule has 0 spiro atoms. The highest BCUT2D eigenvalue weighted by molar-refractivity contribution is 5.58. The summed E-state index contributed by atoms with van der Waals surface area (Å²) in [6.45, 7) is 3.28. The van der Waals surface area contributed by atoms with Gasteiger partial charge in [0.2, 0.25) is 0 Å². The zero-order valence-electron chi connectivity index (χ0n) is 13.7. The van der Waals surface area contributed by atoms with Gasteiger partial charge in [0.25, 0.3) is 0 Å². The van der Waals surface area contributed by atoms with E-state index >= 15 is 0 Å². The number of anilines is 1. The van der Waals surface area contributed by atoms with Crippen molar-refractivity contribution >= 4 is 5.69 Å². The molecule has 0 saturated carbocycles. The van der Waals surface area contributed by atoms with Crippen LogP contribution >= 0.6 is 0 Å². The fourth-order valence-electron chi connectivity index (χ4n) is 3.02. The van der Waals surface area contributed by atoms with Crippen LogP contribution in [0.2, 0.25) is 0 Å². The van der Waals surface area contributed by atoms with Gasteiger partial charge in [-0.3, -0.25) is 4.90 Å². The van der Waals surface area contributed by atoms with Gasteiger partial charge in [-0.15, -0.1) is 0 Å². The SMILES string of the molecule is N#Cc1c(F)cccc1NC[C@@H](c1ccc(F)cc1)N1CCOCC1. The van der Waals surface area contributed by atoms with Crippen LogP contribution in [0.1, 0.15) is 17.2 Å². The zero-order valence-corrected chi connectivity index (χ0v) is 13.7. The average molecular weight is 343 g/mol. The molecule has 3 rings (SSSR count). The minimum atomic E-state index is -0.544. The zero-order chi connectivity index (χ0) is 17.6. The van der Waals surface area contributed by atoms with Crippen LogP contribution in [0.25, 0.3) is 0 Å². The van der Waals surface area contributed by atoms with Crippen LogP contribution in [0.5, 0.6) is 0 Å². The minimum absolute atomic E-state index is 0.00216. The largest absolute Gasteiger partial charge is 0.382 e. The van der Waals surface area contributed by atoms with Crippen LogP contribution in [-0.4, -0.2) is 37.7 Å². The van der Waals surface area contributed by atoms with E-state index in [0.29, 0.717) is 25.4 Å². The van der Waals surface area contributed by atoms with Gasteiger partial charge in [-0.1, -0.05) is 18.2 Å². The monoisotopic (exact) mass is 343 g/mol. The first kappa shape index (κ1) is 17.3. The van der Waals surface area contributed by atoms with E-state index in [1.807, 2.05) is 6.07 Å². The molecule has 1 aliphatic heterocycles. The molecule has 0 amide bonds. The second-order valence-electron chi connectivity index (χ2n) is 5.87. The summed E-state index contributed by atoms with van der Waals surface area (Å²) in [5.41, 5.74) is 1.43. The third kappa shape index (κ3) is 4.13. The standard InChI is InChI=1S/C19H19F2N3O/c20-15-6-4-14(5-7-15)19(24-8-10-25-11-9-24)13-23-18-3-1-2-17(21)16(18)12-22/h1-7,19,23H,8-11,13H2/t19-/m0/s1. The molecule has 0 aromatic heterocycles. The molecule has 1 aliphatic rings. The van der Waals surface area contributed by atoms with Crippen LogP contribution in [0.15, 0.2) is 42.5 Å². The summed E-state index contributed by atoms with van der Waals surface area (Å²) in [5, 5.41) is 12.3. The van der Waals surface area contributed by atoms with E-state index in [0.717, 1.165) is 18.7 Å². The topological polar surface area (TPSA) is 48.3 Å². The molecule has 0 aliphatic carbocycles. The molecule has 130 valence electrons. The highest BCUT2D eigenvalue weighted by Crippen LogP contribution is 2.25. The third-order valence-corrected chi connectivity index (χ3v) is 4.35. The number of morpholine rings is 1. The Hall–Kier alpha value is -2.49. The van der Waals surface area contributed by atoms with Gasteiger partial charge in [-0.25, -0.2) is 8.78 Å². The van der Waals surface area contributed by atoms with Crippen molar-refractivity contribution in [2.75, 3.05) is 38.2 Å². The molecule has 1 fully saturated rings. The van der Waals surface area contributed by atoms with Crippen molar-refractivity contribution in [3.8, 4) is 6.07 Å². The molecule has 0 unspecified atom stereocenters. The highest BCUT2D eigenvalue weighted by atomic mass is 19.1. The molecule has 25 heavy (non-hydrogen) atoms. The number of hydrogen-bond donors (Lipinski definition) is 1. The van der Waals surface area contributed by atoms with Gasteiger partial charge in [0.05, 0.1) is 24.9 Å². The molecule has 1 atom stereocenters. The minimum Gasteiger partial charge on any atom is -0.382 e. The van der Waals surface area contributed by atoms with Gasteiger partial charge >= 0.3 is 0 Å². The van der Waals surface area contributed by atoms with Crippen molar-refractivity contribution in [2.45, 2.75) is 6.04 Å². The molecule has 1 heterocycles. The van der Waals surface area contributed by atoms with Crippen LogP contribution in [0.4, 0.5) is 14.5 Å². The summed E-state index contributed by atoms with van der Waals surface area (Å²) in [6, 6.07) is 12.8. The first-order valence-corrected chi connectivity index (χ1v) is 8.19. The number of ether oxygens (including phenoxy) is 1. The van der Waals surface area contributed by atoms with Crippen molar-refractivity contribution in [1.82, 2.24) is 4.90 Å². The second-order valence-corrected chi connectivity index (χ2v) is 5.87. The Morgan fingerprint density at radius 1 is 1.12 bits per heavy atom. The maximum absolute atomic E-state index is 13.8. The molecule has 0 bridgehead atoms. The summed E-state index contributed by atoms with van der Waals surface area (Å²) < 4.78 is 32.4. The van der Waals surface area contributed by atoms with Gasteiger partial charge in [0.1, 0.15) is 23.3 Å². The number of nitriles is 1. The van der Waals surface area contributed by atoms with Crippen LogP contribution in [0.3, 0.4) is 0 Å². The van der Waals surface area contributed by atoms with Crippen molar-refractivity contribution in [3.63, 3.8) is 0 Å². The first-order chi connectivity index (χ1) is 12.2. The van der Waals surface area contributed by atoms with Crippen LogP contribution < -0.4 is 5.32 Å². The molecule has 2 aromatic rings. The van der Waals surface area contributed by atoms with Gasteiger partial charge in [0.15, 0.2) is 0 Å². The van der Waals surface area contributed by atoms with E-state index in [1.54, 1.807) is 24.3 Å². The third-order valence-electron chi connectivity index (χ3n) is 4.35. The summed E-state index contributed by atoms with van der Waals surface area (Å²) in [7, 11) is 0. The predicted octanol–water partition coefficient (Wildman–Crippen LogP) is 3.32. The molecular formula is C19H19F2N3O. The normalized spacial score (nSPS) is 16.2. The van der Waals surface area contributed by atoms with Crippen molar-refractivity contribution in [1.29, 1.82) is 5.26 Å². The Balaban J connectivity index is 1.81. The predicted molar refractivity (Wildman–Crippen MR) is 91.1 cm³/mol. The quantitative estimate of drug-likeness (QED) is 0.905. The smallest absolute Gasteiger partial charge is 0.143 e. The summed E-state index contributed by atoms with van der Waals surface area (Å²) >= 11 is 0. The molecule has 2 aromatic carbocycles. The summed E-state index contributed by atoms with van der Waals surface area (Å²) in [4.78, 5) is 2.25. The number of nitrogens with zero attached hydrogens (tertiary/aromatic N) is 2. The number of nitrogens with one attached hydrogen (secondary N) is 1. The number of benzene rings is 2. The maximum Gasteiger partial charge on any atom is 0.143 e. The fraction of sp³-hybridized carbons (Fsp3) is 0.316. The number of halogens is 2. The number of rotatable bonds is 5. The second kappa shape index (κ2) is 8.06. The molecule has 4 nitrogen and oxygen atoms in total. The Kier molecular flexibility index (Phi) is 5.59. The van der Waals surface area contributed by atoms with E-state index < -0.39 is 5.82 Å². The van der Waals surface area contributed by atoms with Gasteiger partial charge < -0.3 is 10.1 Å². The lowest BCUT2D eigenvalue weighted by molar-refractivity contribution is 0.0187. The van der Waals surface area contributed by atoms with Crippen LogP contribution in [-0.2, 0) is 4.74 Å². The van der Waals surface area contributed by atoms with Gasteiger partial charge in [-0.2, -0.15) is 5.26 Å². The Labute approximate surface area is 145 Å². The molecule has 6 heteroatoms. The summed E-state index contributed by atoms with van der Waals surface area (Å²) in [5.74, 6) is -0.827. The molecule has 0 radical (unpaired) electrons. The van der Waals surface area contributed by atoms with E-state index in [-0.39, 0.29) is 17.4 Å². The molecule has 1 saturated heterocycles. The number of hydrogen-bond acceptors (Lipinski definition) is 4. The first-order valence-electron chi connectivity index (χ1n) is 8.19. The van der Waals surface area contributed by atoms with Gasteiger partial charge in [-0.05, 0) is 29.8 Å². The maximum atomic E-state index is 13.8. The average Bonchev–Trinajstić information content (AvgIpc) is 2.64.